The average Bonchev–Trinajstić information content (AvgIpc) is 2.90. The summed E-state index contributed by atoms with van der Waals surface area (Å²) in [4.78, 5) is 1.87. The lowest BCUT2D eigenvalue weighted by atomic mass is 9.85. The summed E-state index contributed by atoms with van der Waals surface area (Å²) in [5.74, 6) is -1.05. The molecule has 2 fully saturated rings. The van der Waals surface area contributed by atoms with E-state index in [1.165, 1.54) is 6.42 Å². The number of nitrogens with two attached hydrogens (primary N) is 1. The van der Waals surface area contributed by atoms with Crippen molar-refractivity contribution in [2.75, 3.05) is 11.4 Å². The molecule has 0 bridgehead atoms. The summed E-state index contributed by atoms with van der Waals surface area (Å²) in [6.07, 6.45) is 5.45. The Balaban J connectivity index is 1.95. The first-order chi connectivity index (χ1) is 10.1. The molecule has 0 amide bonds. The number of hydrogen-bond acceptors (Lipinski definition) is 3. The van der Waals surface area contributed by atoms with Crippen LogP contribution in [0.1, 0.15) is 37.7 Å². The Hall–Kier alpha value is -1.85. The summed E-state index contributed by atoms with van der Waals surface area (Å²) in [6.45, 7) is 0.687. The van der Waals surface area contributed by atoms with Gasteiger partial charge in [0, 0.05) is 18.2 Å². The monoisotopic (exact) mass is 295 g/mol. The zero-order chi connectivity index (χ0) is 15.0. The molecule has 1 saturated heterocycles. The lowest BCUT2D eigenvalue weighted by molar-refractivity contribution is 0.318. The second kappa shape index (κ2) is 5.50. The van der Waals surface area contributed by atoms with Crippen LogP contribution in [0.5, 0.6) is 0 Å². The third-order valence-electron chi connectivity index (χ3n) is 4.72. The Labute approximate surface area is 122 Å². The van der Waals surface area contributed by atoms with Crippen LogP contribution in [0, 0.1) is 17.6 Å². The van der Waals surface area contributed by atoms with Gasteiger partial charge in [-0.15, -0.1) is 0 Å². The molecule has 0 spiro atoms. The van der Waals surface area contributed by atoms with Crippen LogP contribution in [-0.2, 0) is 0 Å². The van der Waals surface area contributed by atoms with Crippen LogP contribution in [-0.4, -0.2) is 23.6 Å². The number of oxime groups is 1. The first kappa shape index (κ1) is 14.1. The van der Waals surface area contributed by atoms with Crippen LogP contribution in [0.4, 0.5) is 14.5 Å². The Morgan fingerprint density at radius 2 is 1.86 bits per heavy atom. The summed E-state index contributed by atoms with van der Waals surface area (Å²) in [5.41, 5.74) is 5.47. The van der Waals surface area contributed by atoms with Gasteiger partial charge in [-0.3, -0.25) is 0 Å². The molecule has 1 saturated carbocycles. The van der Waals surface area contributed by atoms with E-state index in [9.17, 15) is 8.78 Å². The number of benzene rings is 1. The van der Waals surface area contributed by atoms with Gasteiger partial charge >= 0.3 is 0 Å². The van der Waals surface area contributed by atoms with Crippen LogP contribution in [0.3, 0.4) is 0 Å². The highest BCUT2D eigenvalue weighted by molar-refractivity contribution is 5.97. The fraction of sp³-hybridized carbons (Fsp3) is 0.533. The lowest BCUT2D eigenvalue weighted by Crippen LogP contribution is -2.36. The van der Waals surface area contributed by atoms with Crippen LogP contribution in [0.15, 0.2) is 17.3 Å². The molecule has 3 rings (SSSR count). The molecule has 1 aliphatic heterocycles. The van der Waals surface area contributed by atoms with E-state index in [2.05, 4.69) is 5.16 Å². The van der Waals surface area contributed by atoms with E-state index in [-0.39, 0.29) is 23.1 Å². The molecule has 1 heterocycles. The molecule has 1 aromatic rings. The van der Waals surface area contributed by atoms with E-state index in [4.69, 9.17) is 10.9 Å². The van der Waals surface area contributed by atoms with E-state index in [1.807, 2.05) is 4.90 Å². The zero-order valence-electron chi connectivity index (χ0n) is 11.7. The van der Waals surface area contributed by atoms with E-state index in [0.717, 1.165) is 37.8 Å². The van der Waals surface area contributed by atoms with Crippen molar-refractivity contribution < 1.29 is 14.0 Å². The quantitative estimate of drug-likeness (QED) is 0.382. The highest BCUT2D eigenvalue weighted by atomic mass is 19.1. The van der Waals surface area contributed by atoms with Gasteiger partial charge in [0.15, 0.2) is 5.84 Å². The molecule has 1 aliphatic carbocycles. The van der Waals surface area contributed by atoms with Crippen LogP contribution in [0.2, 0.25) is 0 Å². The Kier molecular flexibility index (Phi) is 3.69. The second-order valence-electron chi connectivity index (χ2n) is 5.87. The number of hydrogen-bond donors (Lipinski definition) is 2. The number of halogens is 2. The number of anilines is 1. The van der Waals surface area contributed by atoms with Crippen molar-refractivity contribution in [2.24, 2.45) is 16.8 Å². The molecule has 2 atom stereocenters. The fourth-order valence-corrected chi connectivity index (χ4v) is 3.73. The number of amidine groups is 1. The maximum absolute atomic E-state index is 14.3. The van der Waals surface area contributed by atoms with Crippen molar-refractivity contribution in [3.8, 4) is 0 Å². The van der Waals surface area contributed by atoms with Crippen LogP contribution in [0.25, 0.3) is 0 Å². The van der Waals surface area contributed by atoms with E-state index >= 15 is 0 Å². The molecule has 21 heavy (non-hydrogen) atoms. The van der Waals surface area contributed by atoms with E-state index in [0.29, 0.717) is 12.5 Å². The molecule has 2 unspecified atom stereocenters. The number of fused-ring (bicyclic) bond motifs is 1. The molecule has 3 N–H and O–H groups in total. The van der Waals surface area contributed by atoms with E-state index in [1.54, 1.807) is 0 Å². The average molecular weight is 295 g/mol. The SMILES string of the molecule is N/C(=N/O)c1cc(F)c(N2CCC3CCCCC32)c(F)c1. The number of nitrogens with zero attached hydrogens (tertiary/aromatic N) is 2. The molecule has 0 radical (unpaired) electrons. The van der Waals surface area contributed by atoms with E-state index < -0.39 is 11.6 Å². The van der Waals surface area contributed by atoms with Gasteiger partial charge in [0.1, 0.15) is 17.3 Å². The van der Waals surface area contributed by atoms with Crippen molar-refractivity contribution in [3.05, 3.63) is 29.3 Å². The number of rotatable bonds is 2. The zero-order valence-corrected chi connectivity index (χ0v) is 11.7. The van der Waals surface area contributed by atoms with Gasteiger partial charge < -0.3 is 15.8 Å². The molecule has 0 aromatic heterocycles. The Morgan fingerprint density at radius 3 is 2.52 bits per heavy atom. The van der Waals surface area contributed by atoms with Gasteiger partial charge in [-0.25, -0.2) is 8.78 Å². The second-order valence-corrected chi connectivity index (χ2v) is 5.87. The van der Waals surface area contributed by atoms with Crippen molar-refractivity contribution in [1.29, 1.82) is 0 Å². The highest BCUT2D eigenvalue weighted by Gasteiger charge is 2.38. The van der Waals surface area contributed by atoms with Crippen LogP contribution >= 0.6 is 0 Å². The summed E-state index contributed by atoms with van der Waals surface area (Å²) < 4.78 is 28.7. The normalized spacial score (nSPS) is 26.0. The molecular weight excluding hydrogens is 276 g/mol. The van der Waals surface area contributed by atoms with Crippen molar-refractivity contribution >= 4 is 11.5 Å². The molecule has 2 aliphatic rings. The van der Waals surface area contributed by atoms with Gasteiger partial charge in [0.2, 0.25) is 0 Å². The minimum Gasteiger partial charge on any atom is -0.409 e. The summed E-state index contributed by atoms with van der Waals surface area (Å²) in [7, 11) is 0. The van der Waals surface area contributed by atoms with Gasteiger partial charge in [-0.1, -0.05) is 18.0 Å². The lowest BCUT2D eigenvalue weighted by Gasteiger charge is -2.33. The Morgan fingerprint density at radius 1 is 1.19 bits per heavy atom. The smallest absolute Gasteiger partial charge is 0.170 e. The molecule has 4 nitrogen and oxygen atoms in total. The van der Waals surface area contributed by atoms with Crippen molar-refractivity contribution in [3.63, 3.8) is 0 Å². The largest absolute Gasteiger partial charge is 0.409 e. The standard InChI is InChI=1S/C15H19F2N3O/c16-11-7-10(15(18)19-21)8-12(17)14(11)20-6-5-9-3-1-2-4-13(9)20/h7-9,13,21H,1-6H2,(H2,18,19). The third-order valence-corrected chi connectivity index (χ3v) is 4.72. The Bertz CT molecular complexity index is 553. The summed E-state index contributed by atoms with van der Waals surface area (Å²) >= 11 is 0. The topological polar surface area (TPSA) is 61.9 Å². The first-order valence-corrected chi connectivity index (χ1v) is 7.35. The predicted octanol–water partition coefficient (Wildman–Crippen LogP) is 2.83. The third kappa shape index (κ3) is 2.43. The molecule has 114 valence electrons. The summed E-state index contributed by atoms with van der Waals surface area (Å²) in [5, 5.41) is 11.4. The minimum absolute atomic E-state index is 0.0267. The minimum atomic E-state index is -0.650. The maximum atomic E-state index is 14.3. The molecule has 6 heteroatoms. The van der Waals surface area contributed by atoms with Gasteiger partial charge in [0.05, 0.1) is 0 Å². The maximum Gasteiger partial charge on any atom is 0.170 e. The first-order valence-electron chi connectivity index (χ1n) is 7.35. The van der Waals surface area contributed by atoms with Crippen molar-refractivity contribution in [2.45, 2.75) is 38.1 Å². The van der Waals surface area contributed by atoms with Gasteiger partial charge in [-0.2, -0.15) is 0 Å². The van der Waals surface area contributed by atoms with Gasteiger partial charge in [0.25, 0.3) is 0 Å². The summed E-state index contributed by atoms with van der Waals surface area (Å²) in [6, 6.07) is 2.49. The van der Waals surface area contributed by atoms with Crippen molar-refractivity contribution in [1.82, 2.24) is 0 Å². The molecular formula is C15H19F2N3O. The van der Waals surface area contributed by atoms with Gasteiger partial charge in [-0.05, 0) is 37.3 Å². The fourth-order valence-electron chi connectivity index (χ4n) is 3.73. The molecule has 1 aromatic carbocycles. The predicted molar refractivity (Wildman–Crippen MR) is 76.6 cm³/mol. The van der Waals surface area contributed by atoms with Crippen LogP contribution < -0.4 is 10.6 Å². The highest BCUT2D eigenvalue weighted by Crippen LogP contribution is 2.40.